The largest absolute Gasteiger partial charge is 0.353 e. The van der Waals surface area contributed by atoms with Gasteiger partial charge in [-0.2, -0.15) is 0 Å². The molecule has 0 radical (unpaired) electrons. The smallest absolute Gasteiger partial charge is 0.228 e. The Kier molecular flexibility index (Phi) is 5.34. The van der Waals surface area contributed by atoms with E-state index in [9.17, 15) is 14.0 Å². The molecule has 0 bridgehead atoms. The lowest BCUT2D eigenvalue weighted by molar-refractivity contribution is -0.120. The van der Waals surface area contributed by atoms with Crippen LogP contribution in [0.3, 0.4) is 0 Å². The Hall–Kier alpha value is -2.40. The summed E-state index contributed by atoms with van der Waals surface area (Å²) >= 11 is 5.93. The summed E-state index contributed by atoms with van der Waals surface area (Å²) < 4.78 is 13.0. The van der Waals surface area contributed by atoms with Crippen LogP contribution in [0.4, 0.5) is 10.1 Å². The maximum absolute atomic E-state index is 13.0. The van der Waals surface area contributed by atoms with Gasteiger partial charge in [0.1, 0.15) is 5.82 Å². The van der Waals surface area contributed by atoms with Crippen molar-refractivity contribution in [3.63, 3.8) is 0 Å². The van der Waals surface area contributed by atoms with Crippen molar-refractivity contribution >= 4 is 29.1 Å². The fourth-order valence-electron chi connectivity index (χ4n) is 2.44. The van der Waals surface area contributed by atoms with E-state index in [1.165, 1.54) is 18.2 Å². The molecule has 130 valence electrons. The summed E-state index contributed by atoms with van der Waals surface area (Å²) in [6.45, 7) is 0. The van der Waals surface area contributed by atoms with E-state index in [0.29, 0.717) is 23.7 Å². The third kappa shape index (κ3) is 5.29. The normalized spacial score (nSPS) is 13.4. The maximum Gasteiger partial charge on any atom is 0.228 e. The van der Waals surface area contributed by atoms with Gasteiger partial charge in [0, 0.05) is 16.8 Å². The van der Waals surface area contributed by atoms with Crippen LogP contribution in [0.5, 0.6) is 0 Å². The Morgan fingerprint density at radius 3 is 2.40 bits per heavy atom. The number of carbonyl (C=O) groups excluding carboxylic acids is 2. The minimum atomic E-state index is -0.435. The first kappa shape index (κ1) is 17.4. The molecule has 0 aromatic heterocycles. The lowest BCUT2D eigenvalue weighted by atomic mass is 10.1. The Morgan fingerprint density at radius 2 is 1.76 bits per heavy atom. The summed E-state index contributed by atoms with van der Waals surface area (Å²) in [6, 6.07) is 11.4. The molecule has 3 rings (SSSR count). The topological polar surface area (TPSA) is 58.2 Å². The van der Waals surface area contributed by atoms with Gasteiger partial charge in [-0.05, 0) is 48.2 Å². The quantitative estimate of drug-likeness (QED) is 0.828. The lowest BCUT2D eigenvalue weighted by Crippen LogP contribution is -2.26. The van der Waals surface area contributed by atoms with Crippen LogP contribution in [0.25, 0.3) is 0 Å². The number of rotatable bonds is 6. The van der Waals surface area contributed by atoms with Crippen molar-refractivity contribution in [2.75, 3.05) is 5.32 Å². The molecule has 6 heteroatoms. The standard InChI is InChI=1S/C19H18ClFN2O2/c20-17-11-14(21)4-3-13(17)10-19(25)23-15-5-1-12(2-6-15)9-18(24)22-16-7-8-16/h1-6,11,16H,7-10H2,(H,22,24)(H,23,25). The number of halogens is 2. The second-order valence-corrected chi connectivity index (χ2v) is 6.58. The van der Waals surface area contributed by atoms with Crippen molar-refractivity contribution in [1.82, 2.24) is 5.32 Å². The molecule has 4 nitrogen and oxygen atoms in total. The van der Waals surface area contributed by atoms with Gasteiger partial charge in [0.05, 0.1) is 12.8 Å². The summed E-state index contributed by atoms with van der Waals surface area (Å²) in [5, 5.41) is 5.93. The number of carbonyl (C=O) groups is 2. The third-order valence-corrected chi connectivity index (χ3v) is 4.26. The van der Waals surface area contributed by atoms with Gasteiger partial charge < -0.3 is 10.6 Å². The Labute approximate surface area is 150 Å². The zero-order chi connectivity index (χ0) is 17.8. The molecule has 25 heavy (non-hydrogen) atoms. The van der Waals surface area contributed by atoms with Gasteiger partial charge in [0.15, 0.2) is 0 Å². The highest BCUT2D eigenvalue weighted by molar-refractivity contribution is 6.31. The highest BCUT2D eigenvalue weighted by atomic mass is 35.5. The van der Waals surface area contributed by atoms with E-state index in [1.54, 1.807) is 12.1 Å². The van der Waals surface area contributed by atoms with Gasteiger partial charge in [-0.1, -0.05) is 29.8 Å². The zero-order valence-electron chi connectivity index (χ0n) is 13.5. The maximum atomic E-state index is 13.0. The summed E-state index contributed by atoms with van der Waals surface area (Å²) in [7, 11) is 0. The van der Waals surface area contributed by atoms with Crippen LogP contribution in [0.15, 0.2) is 42.5 Å². The van der Waals surface area contributed by atoms with Gasteiger partial charge in [-0.3, -0.25) is 9.59 Å². The number of benzene rings is 2. The number of nitrogens with one attached hydrogen (secondary N) is 2. The van der Waals surface area contributed by atoms with Crippen molar-refractivity contribution in [2.45, 2.75) is 31.7 Å². The summed E-state index contributed by atoms with van der Waals surface area (Å²) in [5.41, 5.74) is 2.08. The van der Waals surface area contributed by atoms with E-state index in [4.69, 9.17) is 11.6 Å². The molecule has 0 aliphatic heterocycles. The molecule has 0 heterocycles. The first-order valence-electron chi connectivity index (χ1n) is 8.11. The molecular formula is C19H18ClFN2O2. The van der Waals surface area contributed by atoms with Crippen molar-refractivity contribution in [3.05, 3.63) is 64.4 Å². The van der Waals surface area contributed by atoms with E-state index in [1.807, 2.05) is 12.1 Å². The number of hydrogen-bond donors (Lipinski definition) is 2. The van der Waals surface area contributed by atoms with E-state index in [0.717, 1.165) is 18.4 Å². The molecule has 1 saturated carbocycles. The highest BCUT2D eigenvalue weighted by Crippen LogP contribution is 2.20. The molecule has 2 N–H and O–H groups in total. The third-order valence-electron chi connectivity index (χ3n) is 3.91. The minimum Gasteiger partial charge on any atom is -0.353 e. The fourth-order valence-corrected chi connectivity index (χ4v) is 2.67. The molecule has 1 fully saturated rings. The molecule has 2 aromatic rings. The zero-order valence-corrected chi connectivity index (χ0v) is 14.3. The van der Waals surface area contributed by atoms with Crippen LogP contribution in [0, 0.1) is 5.82 Å². The van der Waals surface area contributed by atoms with E-state index in [-0.39, 0.29) is 23.3 Å². The van der Waals surface area contributed by atoms with Crippen LogP contribution in [-0.4, -0.2) is 17.9 Å². The number of amides is 2. The minimum absolute atomic E-state index is 0.0187. The summed E-state index contributed by atoms with van der Waals surface area (Å²) in [4.78, 5) is 23.8. The monoisotopic (exact) mass is 360 g/mol. The van der Waals surface area contributed by atoms with Gasteiger partial charge >= 0.3 is 0 Å². The molecule has 1 aliphatic rings. The van der Waals surface area contributed by atoms with Crippen molar-refractivity contribution in [3.8, 4) is 0 Å². The van der Waals surface area contributed by atoms with Gasteiger partial charge in [-0.15, -0.1) is 0 Å². The van der Waals surface area contributed by atoms with E-state index >= 15 is 0 Å². The van der Waals surface area contributed by atoms with Crippen LogP contribution < -0.4 is 10.6 Å². The molecule has 0 saturated heterocycles. The van der Waals surface area contributed by atoms with Crippen molar-refractivity contribution < 1.29 is 14.0 Å². The molecule has 0 atom stereocenters. The number of hydrogen-bond acceptors (Lipinski definition) is 2. The van der Waals surface area contributed by atoms with Crippen molar-refractivity contribution in [1.29, 1.82) is 0 Å². The first-order valence-corrected chi connectivity index (χ1v) is 8.49. The van der Waals surface area contributed by atoms with Crippen LogP contribution >= 0.6 is 11.6 Å². The second kappa shape index (κ2) is 7.66. The Balaban J connectivity index is 1.53. The van der Waals surface area contributed by atoms with Crippen molar-refractivity contribution in [2.24, 2.45) is 0 Å². The lowest BCUT2D eigenvalue weighted by Gasteiger charge is -2.08. The highest BCUT2D eigenvalue weighted by Gasteiger charge is 2.23. The van der Waals surface area contributed by atoms with Gasteiger partial charge in [0.25, 0.3) is 0 Å². The molecule has 0 unspecified atom stereocenters. The van der Waals surface area contributed by atoms with Gasteiger partial charge in [-0.25, -0.2) is 4.39 Å². The molecule has 1 aliphatic carbocycles. The van der Waals surface area contributed by atoms with E-state index < -0.39 is 5.82 Å². The average Bonchev–Trinajstić information content (AvgIpc) is 3.36. The predicted molar refractivity (Wildman–Crippen MR) is 95.1 cm³/mol. The number of anilines is 1. The molecule has 0 spiro atoms. The average molecular weight is 361 g/mol. The van der Waals surface area contributed by atoms with Crippen LogP contribution in [0.1, 0.15) is 24.0 Å². The fraction of sp³-hybridized carbons (Fsp3) is 0.263. The first-order chi connectivity index (χ1) is 12.0. The SMILES string of the molecule is O=C(Cc1ccc(F)cc1Cl)Nc1ccc(CC(=O)NC2CC2)cc1. The molecule has 2 amide bonds. The van der Waals surface area contributed by atoms with Crippen LogP contribution in [0.2, 0.25) is 5.02 Å². The Morgan fingerprint density at radius 1 is 1.04 bits per heavy atom. The molecular weight excluding hydrogens is 343 g/mol. The summed E-state index contributed by atoms with van der Waals surface area (Å²) in [5.74, 6) is -0.659. The van der Waals surface area contributed by atoms with Crippen LogP contribution in [-0.2, 0) is 22.4 Å². The van der Waals surface area contributed by atoms with Gasteiger partial charge in [0.2, 0.25) is 11.8 Å². The van der Waals surface area contributed by atoms with E-state index in [2.05, 4.69) is 10.6 Å². The predicted octanol–water partition coefficient (Wildman–Crippen LogP) is 3.48. The Bertz CT molecular complexity index is 789. The second-order valence-electron chi connectivity index (χ2n) is 6.18. The molecule has 2 aromatic carbocycles. The summed E-state index contributed by atoms with van der Waals surface area (Å²) in [6.07, 6.45) is 2.52.